The third-order valence-corrected chi connectivity index (χ3v) is 4.20. The zero-order valence-corrected chi connectivity index (χ0v) is 14.3. The summed E-state index contributed by atoms with van der Waals surface area (Å²) in [6.45, 7) is 4.33. The van der Waals surface area contributed by atoms with Gasteiger partial charge < -0.3 is 15.0 Å². The maximum atomic E-state index is 12.4. The second kappa shape index (κ2) is 9.70. The molecule has 0 spiro atoms. The van der Waals surface area contributed by atoms with Gasteiger partial charge in [0, 0.05) is 25.0 Å². The van der Waals surface area contributed by atoms with Crippen LogP contribution in [0.2, 0.25) is 0 Å². The minimum atomic E-state index is 0. The number of hydrogen-bond donors (Lipinski definition) is 1. The minimum Gasteiger partial charge on any atom is -0.494 e. The van der Waals surface area contributed by atoms with Gasteiger partial charge in [-0.15, -0.1) is 12.4 Å². The minimum absolute atomic E-state index is 0. The molecule has 1 saturated heterocycles. The molecule has 124 valence electrons. The van der Waals surface area contributed by atoms with Gasteiger partial charge in [0.05, 0.1) is 6.61 Å². The van der Waals surface area contributed by atoms with Gasteiger partial charge in [-0.3, -0.25) is 4.79 Å². The van der Waals surface area contributed by atoms with E-state index in [1.54, 1.807) is 0 Å². The summed E-state index contributed by atoms with van der Waals surface area (Å²) in [4.78, 5) is 14.4. The molecule has 1 amide bonds. The van der Waals surface area contributed by atoms with Crippen molar-refractivity contribution in [3.05, 3.63) is 30.3 Å². The number of halogens is 1. The summed E-state index contributed by atoms with van der Waals surface area (Å²) in [6, 6.07) is 10.3. The van der Waals surface area contributed by atoms with Crippen LogP contribution in [-0.4, -0.2) is 43.6 Å². The number of para-hydroxylation sites is 1. The van der Waals surface area contributed by atoms with Crippen LogP contribution in [0.4, 0.5) is 0 Å². The van der Waals surface area contributed by atoms with Crippen molar-refractivity contribution >= 4 is 18.3 Å². The Balaban J connectivity index is 0.00000242. The molecule has 2 rings (SSSR count). The molecule has 1 aliphatic heterocycles. The third kappa shape index (κ3) is 5.50. The van der Waals surface area contributed by atoms with Crippen LogP contribution in [-0.2, 0) is 4.79 Å². The van der Waals surface area contributed by atoms with E-state index in [4.69, 9.17) is 4.74 Å². The molecule has 0 radical (unpaired) electrons. The van der Waals surface area contributed by atoms with Crippen LogP contribution in [0.15, 0.2) is 30.3 Å². The second-order valence-corrected chi connectivity index (χ2v) is 5.74. The molecule has 1 atom stereocenters. The Bertz CT molecular complexity index is 434. The van der Waals surface area contributed by atoms with Crippen LogP contribution in [0.3, 0.4) is 0 Å². The molecule has 1 fully saturated rings. The van der Waals surface area contributed by atoms with E-state index in [0.29, 0.717) is 12.6 Å². The number of benzene rings is 1. The number of amides is 1. The SMILES string of the molecule is CNC1CCN(C(=O)C(C)CCOc2ccccc2)CC1.Cl. The monoisotopic (exact) mass is 326 g/mol. The van der Waals surface area contributed by atoms with Crippen molar-refractivity contribution in [2.24, 2.45) is 5.92 Å². The second-order valence-electron chi connectivity index (χ2n) is 5.74. The number of likely N-dealkylation sites (tertiary alicyclic amines) is 1. The molecule has 0 saturated carbocycles. The molecular formula is C17H27ClN2O2. The Morgan fingerprint density at radius 3 is 2.55 bits per heavy atom. The topological polar surface area (TPSA) is 41.6 Å². The molecule has 1 unspecified atom stereocenters. The number of hydrogen-bond acceptors (Lipinski definition) is 3. The average molecular weight is 327 g/mol. The van der Waals surface area contributed by atoms with Crippen LogP contribution in [0.1, 0.15) is 26.2 Å². The standard InChI is InChI=1S/C17H26N2O2.ClH/c1-14(10-13-21-16-6-4-3-5-7-16)17(20)19-11-8-15(18-2)9-12-19;/h3-7,14-15,18H,8-13H2,1-2H3;1H. The zero-order valence-electron chi connectivity index (χ0n) is 13.5. The number of carbonyl (C=O) groups is 1. The number of rotatable bonds is 6. The van der Waals surface area contributed by atoms with Gasteiger partial charge in [-0.1, -0.05) is 25.1 Å². The summed E-state index contributed by atoms with van der Waals surface area (Å²) in [5.41, 5.74) is 0. The quantitative estimate of drug-likeness (QED) is 0.874. The first-order valence-electron chi connectivity index (χ1n) is 7.84. The maximum absolute atomic E-state index is 12.4. The van der Waals surface area contributed by atoms with Gasteiger partial charge in [-0.05, 0) is 38.4 Å². The van der Waals surface area contributed by atoms with E-state index < -0.39 is 0 Å². The number of ether oxygens (including phenoxy) is 1. The molecule has 0 bridgehead atoms. The molecule has 22 heavy (non-hydrogen) atoms. The summed E-state index contributed by atoms with van der Waals surface area (Å²) in [5, 5.41) is 3.29. The van der Waals surface area contributed by atoms with Crippen molar-refractivity contribution in [2.75, 3.05) is 26.7 Å². The van der Waals surface area contributed by atoms with Crippen LogP contribution >= 0.6 is 12.4 Å². The van der Waals surface area contributed by atoms with Gasteiger partial charge >= 0.3 is 0 Å². The van der Waals surface area contributed by atoms with Gasteiger partial charge in [-0.25, -0.2) is 0 Å². The number of nitrogens with zero attached hydrogens (tertiary/aromatic N) is 1. The molecule has 0 aromatic heterocycles. The lowest BCUT2D eigenvalue weighted by Gasteiger charge is -2.33. The first kappa shape index (κ1) is 18.8. The normalized spacial score (nSPS) is 16.7. The van der Waals surface area contributed by atoms with Crippen molar-refractivity contribution < 1.29 is 9.53 Å². The highest BCUT2D eigenvalue weighted by Gasteiger charge is 2.25. The summed E-state index contributed by atoms with van der Waals surface area (Å²) >= 11 is 0. The molecular weight excluding hydrogens is 300 g/mol. The highest BCUT2D eigenvalue weighted by molar-refractivity contribution is 5.85. The highest BCUT2D eigenvalue weighted by Crippen LogP contribution is 2.16. The van der Waals surface area contributed by atoms with Crippen LogP contribution < -0.4 is 10.1 Å². The summed E-state index contributed by atoms with van der Waals surface area (Å²) < 4.78 is 5.67. The van der Waals surface area contributed by atoms with E-state index in [1.165, 1.54) is 0 Å². The first-order chi connectivity index (χ1) is 10.2. The fraction of sp³-hybridized carbons (Fsp3) is 0.588. The van der Waals surface area contributed by atoms with Crippen molar-refractivity contribution in [2.45, 2.75) is 32.2 Å². The first-order valence-corrected chi connectivity index (χ1v) is 7.84. The molecule has 5 heteroatoms. The fourth-order valence-corrected chi connectivity index (χ4v) is 2.69. The maximum Gasteiger partial charge on any atom is 0.225 e. The van der Waals surface area contributed by atoms with Crippen molar-refractivity contribution in [3.8, 4) is 5.75 Å². The van der Waals surface area contributed by atoms with E-state index in [2.05, 4.69) is 5.32 Å². The smallest absolute Gasteiger partial charge is 0.225 e. The predicted octanol–water partition coefficient (Wildman–Crippen LogP) is 2.72. The molecule has 1 N–H and O–H groups in total. The summed E-state index contributed by atoms with van der Waals surface area (Å²) in [6.07, 6.45) is 2.87. The van der Waals surface area contributed by atoms with Gasteiger partial charge in [-0.2, -0.15) is 0 Å². The Labute approximate surface area is 139 Å². The Morgan fingerprint density at radius 2 is 1.95 bits per heavy atom. The molecule has 1 aromatic carbocycles. The van der Waals surface area contributed by atoms with E-state index in [-0.39, 0.29) is 24.2 Å². The van der Waals surface area contributed by atoms with E-state index in [9.17, 15) is 4.79 Å². The molecule has 1 heterocycles. The van der Waals surface area contributed by atoms with Gasteiger partial charge in [0.1, 0.15) is 5.75 Å². The lowest BCUT2D eigenvalue weighted by molar-refractivity contribution is -0.136. The van der Waals surface area contributed by atoms with Crippen molar-refractivity contribution in [1.82, 2.24) is 10.2 Å². The molecule has 0 aliphatic carbocycles. The number of nitrogens with one attached hydrogen (secondary N) is 1. The Hall–Kier alpha value is -1.26. The van der Waals surface area contributed by atoms with Crippen LogP contribution in [0, 0.1) is 5.92 Å². The zero-order chi connectivity index (χ0) is 15.1. The lowest BCUT2D eigenvalue weighted by atomic mass is 10.0. The third-order valence-electron chi connectivity index (χ3n) is 4.20. The van der Waals surface area contributed by atoms with Gasteiger partial charge in [0.25, 0.3) is 0 Å². The largest absolute Gasteiger partial charge is 0.494 e. The van der Waals surface area contributed by atoms with Crippen LogP contribution in [0.25, 0.3) is 0 Å². The fourth-order valence-electron chi connectivity index (χ4n) is 2.69. The summed E-state index contributed by atoms with van der Waals surface area (Å²) in [5.74, 6) is 1.16. The summed E-state index contributed by atoms with van der Waals surface area (Å²) in [7, 11) is 1.99. The van der Waals surface area contributed by atoms with Gasteiger partial charge in [0.2, 0.25) is 5.91 Å². The van der Waals surface area contributed by atoms with E-state index in [0.717, 1.165) is 38.1 Å². The molecule has 4 nitrogen and oxygen atoms in total. The van der Waals surface area contributed by atoms with Crippen molar-refractivity contribution in [1.29, 1.82) is 0 Å². The Morgan fingerprint density at radius 1 is 1.32 bits per heavy atom. The van der Waals surface area contributed by atoms with Crippen molar-refractivity contribution in [3.63, 3.8) is 0 Å². The average Bonchev–Trinajstić information content (AvgIpc) is 2.55. The molecule has 1 aliphatic rings. The van der Waals surface area contributed by atoms with Gasteiger partial charge in [0.15, 0.2) is 0 Å². The predicted molar refractivity (Wildman–Crippen MR) is 91.6 cm³/mol. The number of carbonyl (C=O) groups excluding carboxylic acids is 1. The highest BCUT2D eigenvalue weighted by atomic mass is 35.5. The molecule has 1 aromatic rings. The van der Waals surface area contributed by atoms with E-state index in [1.807, 2.05) is 49.2 Å². The van der Waals surface area contributed by atoms with E-state index >= 15 is 0 Å². The number of piperidine rings is 1. The lowest BCUT2D eigenvalue weighted by Crippen LogP contribution is -2.45. The Kier molecular flexibility index (Phi) is 8.28. The van der Waals surface area contributed by atoms with Crippen LogP contribution in [0.5, 0.6) is 5.75 Å².